The highest BCUT2D eigenvalue weighted by Crippen LogP contribution is 2.17. The van der Waals surface area contributed by atoms with Gasteiger partial charge in [0.25, 0.3) is 0 Å². The van der Waals surface area contributed by atoms with Crippen molar-refractivity contribution in [1.29, 1.82) is 0 Å². The lowest BCUT2D eigenvalue weighted by Gasteiger charge is -2.28. The maximum Gasteiger partial charge on any atom is 0.243 e. The second-order valence-electron chi connectivity index (χ2n) is 4.16. The first-order valence-electron chi connectivity index (χ1n) is 5.64. The van der Waals surface area contributed by atoms with Gasteiger partial charge in [-0.15, -0.1) is 5.10 Å². The van der Waals surface area contributed by atoms with E-state index in [1.807, 2.05) is 19.1 Å². The molecule has 0 saturated heterocycles. The Kier molecular flexibility index (Phi) is 3.84. The molecule has 2 aromatic heterocycles. The molecule has 98 valence electrons. The molecule has 0 fully saturated rings. The van der Waals surface area contributed by atoms with Crippen LogP contribution in [0.5, 0.6) is 0 Å². The largest absolute Gasteiger partial charge is 0.394 e. The SMILES string of the molecule is CCC(CO)(CO)Nc1nc2ccc(Br)cn2n1. The third kappa shape index (κ3) is 2.47. The maximum atomic E-state index is 9.36. The monoisotopic (exact) mass is 314 g/mol. The summed E-state index contributed by atoms with van der Waals surface area (Å²) in [5.41, 5.74) is -0.0936. The van der Waals surface area contributed by atoms with Crippen molar-refractivity contribution >= 4 is 27.5 Å². The molecule has 0 radical (unpaired) electrons. The Bertz CT molecular complexity index is 531. The van der Waals surface area contributed by atoms with Gasteiger partial charge in [0.05, 0.1) is 18.8 Å². The quantitative estimate of drug-likeness (QED) is 0.768. The molecule has 0 unspecified atom stereocenters. The summed E-state index contributed by atoms with van der Waals surface area (Å²) in [6, 6.07) is 3.70. The average Bonchev–Trinajstić information content (AvgIpc) is 2.77. The first-order chi connectivity index (χ1) is 8.62. The lowest BCUT2D eigenvalue weighted by Crippen LogP contribution is -2.45. The van der Waals surface area contributed by atoms with Crippen molar-refractivity contribution in [2.24, 2.45) is 0 Å². The summed E-state index contributed by atoms with van der Waals surface area (Å²) in [7, 11) is 0. The van der Waals surface area contributed by atoms with Gasteiger partial charge in [0.1, 0.15) is 0 Å². The van der Waals surface area contributed by atoms with E-state index in [1.165, 1.54) is 0 Å². The van der Waals surface area contributed by atoms with Gasteiger partial charge < -0.3 is 15.5 Å². The normalized spacial score (nSPS) is 12.0. The first-order valence-corrected chi connectivity index (χ1v) is 6.43. The Morgan fingerprint density at radius 2 is 2.11 bits per heavy atom. The van der Waals surface area contributed by atoms with Gasteiger partial charge in [-0.25, -0.2) is 4.52 Å². The highest BCUT2D eigenvalue weighted by molar-refractivity contribution is 9.10. The van der Waals surface area contributed by atoms with Crippen LogP contribution in [-0.4, -0.2) is 43.6 Å². The molecule has 0 bridgehead atoms. The fourth-order valence-electron chi connectivity index (χ4n) is 1.59. The Balaban J connectivity index is 2.31. The van der Waals surface area contributed by atoms with Gasteiger partial charge in [0.2, 0.25) is 5.95 Å². The van der Waals surface area contributed by atoms with Crippen molar-refractivity contribution in [1.82, 2.24) is 14.6 Å². The molecule has 7 heteroatoms. The van der Waals surface area contributed by atoms with Gasteiger partial charge in [-0.1, -0.05) is 6.92 Å². The summed E-state index contributed by atoms with van der Waals surface area (Å²) in [6.07, 6.45) is 2.36. The molecule has 6 nitrogen and oxygen atoms in total. The number of hydrogen-bond donors (Lipinski definition) is 3. The lowest BCUT2D eigenvalue weighted by atomic mass is 9.99. The Morgan fingerprint density at radius 3 is 2.72 bits per heavy atom. The molecule has 0 saturated carbocycles. The van der Waals surface area contributed by atoms with Crippen LogP contribution < -0.4 is 5.32 Å². The molecule has 2 heterocycles. The summed E-state index contributed by atoms with van der Waals surface area (Å²) in [4.78, 5) is 4.28. The number of aromatic nitrogens is 3. The molecule has 2 aromatic rings. The van der Waals surface area contributed by atoms with E-state index in [4.69, 9.17) is 0 Å². The molecule has 0 atom stereocenters. The summed E-state index contributed by atoms with van der Waals surface area (Å²) >= 11 is 3.36. The molecular formula is C11H15BrN4O2. The number of halogens is 1. The molecule has 0 aromatic carbocycles. The molecule has 0 aliphatic heterocycles. The lowest BCUT2D eigenvalue weighted by molar-refractivity contribution is 0.132. The zero-order valence-electron chi connectivity index (χ0n) is 9.97. The van der Waals surface area contributed by atoms with Crippen molar-refractivity contribution in [3.05, 3.63) is 22.8 Å². The van der Waals surface area contributed by atoms with Crippen molar-refractivity contribution in [3.63, 3.8) is 0 Å². The van der Waals surface area contributed by atoms with Gasteiger partial charge in [-0.3, -0.25) is 0 Å². The second kappa shape index (κ2) is 5.21. The van der Waals surface area contributed by atoms with Crippen LogP contribution in [0.25, 0.3) is 5.65 Å². The minimum absolute atomic E-state index is 0.181. The van der Waals surface area contributed by atoms with Crippen LogP contribution in [0.3, 0.4) is 0 Å². The topological polar surface area (TPSA) is 82.7 Å². The molecule has 3 N–H and O–H groups in total. The third-order valence-electron chi connectivity index (χ3n) is 2.95. The minimum Gasteiger partial charge on any atom is -0.394 e. The number of aliphatic hydroxyl groups excluding tert-OH is 2. The smallest absolute Gasteiger partial charge is 0.243 e. The summed E-state index contributed by atoms with van der Waals surface area (Å²) in [5.74, 6) is 0.387. The maximum absolute atomic E-state index is 9.36. The third-order valence-corrected chi connectivity index (χ3v) is 3.42. The highest BCUT2D eigenvalue weighted by Gasteiger charge is 2.27. The number of anilines is 1. The van der Waals surface area contributed by atoms with Crippen molar-refractivity contribution in [2.45, 2.75) is 18.9 Å². The molecule has 2 rings (SSSR count). The van der Waals surface area contributed by atoms with E-state index in [0.29, 0.717) is 18.0 Å². The first kappa shape index (κ1) is 13.3. The molecule has 0 aliphatic carbocycles. The Labute approximate surface area is 113 Å². The number of hydrogen-bond acceptors (Lipinski definition) is 5. The standard InChI is InChI=1S/C11H15BrN4O2/c1-2-11(6-17,7-18)14-10-13-9-4-3-8(12)5-16(9)15-10/h3-5,17-18H,2,6-7H2,1H3,(H,14,15). The summed E-state index contributed by atoms with van der Waals surface area (Å²) in [5, 5.41) is 26.0. The van der Waals surface area contributed by atoms with Crippen LogP contribution in [0.2, 0.25) is 0 Å². The minimum atomic E-state index is -0.790. The van der Waals surface area contributed by atoms with Crippen LogP contribution >= 0.6 is 15.9 Å². The van der Waals surface area contributed by atoms with Gasteiger partial charge in [-0.2, -0.15) is 4.98 Å². The van der Waals surface area contributed by atoms with E-state index >= 15 is 0 Å². The van der Waals surface area contributed by atoms with Crippen molar-refractivity contribution < 1.29 is 10.2 Å². The zero-order chi connectivity index (χ0) is 13.2. The second-order valence-corrected chi connectivity index (χ2v) is 5.08. The number of rotatable bonds is 5. The van der Waals surface area contributed by atoms with Crippen LogP contribution in [0, 0.1) is 0 Å². The van der Waals surface area contributed by atoms with Gasteiger partial charge >= 0.3 is 0 Å². The summed E-state index contributed by atoms with van der Waals surface area (Å²) < 4.78 is 2.53. The van der Waals surface area contributed by atoms with Gasteiger partial charge in [-0.05, 0) is 34.5 Å². The molecular weight excluding hydrogens is 300 g/mol. The van der Waals surface area contributed by atoms with E-state index in [0.717, 1.165) is 4.47 Å². The number of aliphatic hydroxyl groups is 2. The van der Waals surface area contributed by atoms with Crippen LogP contribution in [0.15, 0.2) is 22.8 Å². The van der Waals surface area contributed by atoms with Crippen LogP contribution in [0.1, 0.15) is 13.3 Å². The van der Waals surface area contributed by atoms with E-state index in [9.17, 15) is 10.2 Å². The van der Waals surface area contributed by atoms with E-state index < -0.39 is 5.54 Å². The van der Waals surface area contributed by atoms with E-state index in [2.05, 4.69) is 31.3 Å². The Morgan fingerprint density at radius 1 is 1.39 bits per heavy atom. The number of nitrogens with one attached hydrogen (secondary N) is 1. The van der Waals surface area contributed by atoms with Crippen molar-refractivity contribution in [3.8, 4) is 0 Å². The number of pyridine rings is 1. The Hall–Kier alpha value is -1.18. The van der Waals surface area contributed by atoms with E-state index in [-0.39, 0.29) is 13.2 Å². The zero-order valence-corrected chi connectivity index (χ0v) is 11.6. The van der Waals surface area contributed by atoms with Crippen molar-refractivity contribution in [2.75, 3.05) is 18.5 Å². The number of fused-ring (bicyclic) bond motifs is 1. The molecule has 0 spiro atoms. The van der Waals surface area contributed by atoms with Crippen LogP contribution in [-0.2, 0) is 0 Å². The van der Waals surface area contributed by atoms with E-state index in [1.54, 1.807) is 10.7 Å². The van der Waals surface area contributed by atoms with Gasteiger partial charge in [0, 0.05) is 10.7 Å². The van der Waals surface area contributed by atoms with Crippen LogP contribution in [0.4, 0.5) is 5.95 Å². The molecule has 0 aliphatic rings. The summed E-state index contributed by atoms with van der Waals surface area (Å²) in [6.45, 7) is 1.52. The molecule has 18 heavy (non-hydrogen) atoms. The fraction of sp³-hybridized carbons (Fsp3) is 0.455. The predicted octanol–water partition coefficient (Wildman–Crippen LogP) is 1.04. The van der Waals surface area contributed by atoms with Gasteiger partial charge in [0.15, 0.2) is 5.65 Å². The average molecular weight is 315 g/mol. The fourth-order valence-corrected chi connectivity index (χ4v) is 1.92. The highest BCUT2D eigenvalue weighted by atomic mass is 79.9. The molecule has 0 amide bonds. The number of nitrogens with zero attached hydrogens (tertiary/aromatic N) is 3. The predicted molar refractivity (Wildman–Crippen MR) is 71.5 cm³/mol.